The Morgan fingerprint density at radius 3 is 1.80 bits per heavy atom. The van der Waals surface area contributed by atoms with Gasteiger partial charge in [-0.15, -0.1) is 0 Å². The number of hydrogen-bond donors (Lipinski definition) is 1. The topological polar surface area (TPSA) is 25.2 Å². The van der Waals surface area contributed by atoms with E-state index in [4.69, 9.17) is 16.0 Å². The molecular weight excluding hydrogens is 270 g/mol. The Bertz CT molecular complexity index is 614. The molecule has 0 bridgehead atoms. The standard InChI is InChI=1S/C17H22ClNO/c1-9-10(2)12(4)16(13(5)11(9)3)17(19-6)14-7-8-15(18)20-14/h7-8,17,19H,1-6H3. The van der Waals surface area contributed by atoms with E-state index in [1.54, 1.807) is 6.07 Å². The van der Waals surface area contributed by atoms with Crippen molar-refractivity contribution in [3.8, 4) is 0 Å². The highest BCUT2D eigenvalue weighted by Gasteiger charge is 2.23. The number of benzene rings is 1. The minimum atomic E-state index is 0.0282. The summed E-state index contributed by atoms with van der Waals surface area (Å²) in [7, 11) is 1.95. The maximum atomic E-state index is 5.92. The molecule has 0 amide bonds. The first-order chi connectivity index (χ1) is 9.38. The van der Waals surface area contributed by atoms with Crippen molar-refractivity contribution in [1.82, 2.24) is 5.32 Å². The van der Waals surface area contributed by atoms with E-state index in [1.807, 2.05) is 13.1 Å². The van der Waals surface area contributed by atoms with Crippen molar-refractivity contribution in [1.29, 1.82) is 0 Å². The predicted octanol–water partition coefficient (Wildman–Crippen LogP) is 4.78. The Labute approximate surface area is 126 Å². The van der Waals surface area contributed by atoms with Gasteiger partial charge in [0.1, 0.15) is 5.76 Å². The molecule has 0 saturated heterocycles. The van der Waals surface area contributed by atoms with Gasteiger partial charge in [0.25, 0.3) is 0 Å². The summed E-state index contributed by atoms with van der Waals surface area (Å²) < 4.78 is 5.61. The highest BCUT2D eigenvalue weighted by Crippen LogP contribution is 2.34. The lowest BCUT2D eigenvalue weighted by Crippen LogP contribution is -2.20. The first kappa shape index (κ1) is 15.1. The number of halogens is 1. The van der Waals surface area contributed by atoms with Gasteiger partial charge in [-0.25, -0.2) is 0 Å². The predicted molar refractivity (Wildman–Crippen MR) is 84.7 cm³/mol. The molecule has 0 fully saturated rings. The summed E-state index contributed by atoms with van der Waals surface area (Å²) in [6.45, 7) is 10.9. The van der Waals surface area contributed by atoms with Crippen molar-refractivity contribution < 1.29 is 4.42 Å². The molecule has 108 valence electrons. The zero-order chi connectivity index (χ0) is 15.0. The van der Waals surface area contributed by atoms with Crippen LogP contribution in [0.2, 0.25) is 5.22 Å². The highest BCUT2D eigenvalue weighted by atomic mass is 35.5. The van der Waals surface area contributed by atoms with Crippen molar-refractivity contribution in [2.24, 2.45) is 0 Å². The fourth-order valence-corrected chi connectivity index (χ4v) is 3.03. The van der Waals surface area contributed by atoms with Crippen LogP contribution in [0.3, 0.4) is 0 Å². The molecule has 1 heterocycles. The van der Waals surface area contributed by atoms with Crippen LogP contribution in [0.25, 0.3) is 0 Å². The Kier molecular flexibility index (Phi) is 4.26. The maximum Gasteiger partial charge on any atom is 0.193 e. The molecule has 0 aliphatic carbocycles. The Balaban J connectivity index is 2.67. The highest BCUT2D eigenvalue weighted by molar-refractivity contribution is 6.28. The lowest BCUT2D eigenvalue weighted by molar-refractivity contribution is 0.463. The molecule has 2 aromatic rings. The average molecular weight is 292 g/mol. The number of hydrogen-bond acceptors (Lipinski definition) is 2. The van der Waals surface area contributed by atoms with Crippen molar-refractivity contribution in [2.75, 3.05) is 7.05 Å². The first-order valence-corrected chi connectivity index (χ1v) is 7.25. The second kappa shape index (κ2) is 5.63. The van der Waals surface area contributed by atoms with Crippen LogP contribution in [0, 0.1) is 34.6 Å². The van der Waals surface area contributed by atoms with Crippen molar-refractivity contribution in [3.63, 3.8) is 0 Å². The summed E-state index contributed by atoms with van der Waals surface area (Å²) in [5, 5.41) is 3.78. The summed E-state index contributed by atoms with van der Waals surface area (Å²) in [6, 6.07) is 3.76. The van der Waals surface area contributed by atoms with Gasteiger partial charge in [-0.3, -0.25) is 0 Å². The van der Waals surface area contributed by atoms with Crippen LogP contribution < -0.4 is 5.32 Å². The molecule has 2 nitrogen and oxygen atoms in total. The summed E-state index contributed by atoms with van der Waals surface area (Å²) in [6.07, 6.45) is 0. The van der Waals surface area contributed by atoms with Crippen LogP contribution in [-0.4, -0.2) is 7.05 Å². The summed E-state index contributed by atoms with van der Waals surface area (Å²) in [5.41, 5.74) is 7.99. The molecule has 0 aliphatic heterocycles. The van der Waals surface area contributed by atoms with Crippen molar-refractivity contribution in [2.45, 2.75) is 40.7 Å². The molecule has 1 aromatic heterocycles. The van der Waals surface area contributed by atoms with Gasteiger partial charge in [-0.2, -0.15) is 0 Å². The summed E-state index contributed by atoms with van der Waals surface area (Å²) in [4.78, 5) is 0. The number of nitrogens with one attached hydrogen (secondary N) is 1. The lowest BCUT2D eigenvalue weighted by Gasteiger charge is -2.24. The summed E-state index contributed by atoms with van der Waals surface area (Å²) >= 11 is 5.92. The van der Waals surface area contributed by atoms with Gasteiger partial charge in [0.15, 0.2) is 5.22 Å². The van der Waals surface area contributed by atoms with Crippen LogP contribution in [0.15, 0.2) is 16.5 Å². The molecule has 0 radical (unpaired) electrons. The SMILES string of the molecule is CNC(c1ccc(Cl)o1)c1c(C)c(C)c(C)c(C)c1C. The Morgan fingerprint density at radius 2 is 1.40 bits per heavy atom. The average Bonchev–Trinajstić information content (AvgIpc) is 2.85. The Hall–Kier alpha value is -1.25. The molecule has 0 aliphatic rings. The van der Waals surface area contributed by atoms with Gasteiger partial charge in [0.2, 0.25) is 0 Å². The zero-order valence-corrected chi connectivity index (χ0v) is 13.8. The molecule has 2 rings (SSSR count). The molecule has 3 heteroatoms. The molecule has 1 atom stereocenters. The summed E-state index contributed by atoms with van der Waals surface area (Å²) in [5.74, 6) is 0.853. The van der Waals surface area contributed by atoms with Gasteiger partial charge >= 0.3 is 0 Å². The van der Waals surface area contributed by atoms with Crippen molar-refractivity contribution in [3.05, 3.63) is 56.5 Å². The molecule has 0 saturated carbocycles. The van der Waals surface area contributed by atoms with E-state index in [0.717, 1.165) is 5.76 Å². The van der Waals surface area contributed by atoms with Crippen LogP contribution >= 0.6 is 11.6 Å². The van der Waals surface area contributed by atoms with Crippen LogP contribution in [0.1, 0.15) is 45.2 Å². The smallest absolute Gasteiger partial charge is 0.193 e. The molecule has 1 N–H and O–H groups in total. The monoisotopic (exact) mass is 291 g/mol. The lowest BCUT2D eigenvalue weighted by atomic mass is 9.85. The molecule has 20 heavy (non-hydrogen) atoms. The fourth-order valence-electron chi connectivity index (χ4n) is 2.87. The normalized spacial score (nSPS) is 12.8. The van der Waals surface area contributed by atoms with E-state index in [-0.39, 0.29) is 6.04 Å². The second-order valence-corrected chi connectivity index (χ2v) is 5.77. The Morgan fingerprint density at radius 1 is 0.900 bits per heavy atom. The van der Waals surface area contributed by atoms with Crippen molar-refractivity contribution >= 4 is 11.6 Å². The third-order valence-electron chi connectivity index (χ3n) is 4.51. The first-order valence-electron chi connectivity index (χ1n) is 6.87. The third-order valence-corrected chi connectivity index (χ3v) is 4.72. The largest absolute Gasteiger partial charge is 0.448 e. The van der Waals surface area contributed by atoms with E-state index in [9.17, 15) is 0 Å². The molecule has 0 spiro atoms. The molecule has 1 aromatic carbocycles. The molecule has 1 unspecified atom stereocenters. The third kappa shape index (κ3) is 2.38. The second-order valence-electron chi connectivity index (χ2n) is 5.40. The molecular formula is C17H22ClNO. The number of furan rings is 1. The van der Waals surface area contributed by atoms with Gasteiger partial charge in [0.05, 0.1) is 6.04 Å². The fraction of sp³-hybridized carbons (Fsp3) is 0.412. The van der Waals surface area contributed by atoms with Gasteiger partial charge in [-0.05, 0) is 98.8 Å². The van der Waals surface area contributed by atoms with E-state index in [1.165, 1.54) is 33.4 Å². The van der Waals surface area contributed by atoms with Gasteiger partial charge in [0, 0.05) is 0 Å². The van der Waals surface area contributed by atoms with E-state index in [0.29, 0.717) is 5.22 Å². The zero-order valence-electron chi connectivity index (χ0n) is 13.0. The number of rotatable bonds is 3. The minimum Gasteiger partial charge on any atom is -0.448 e. The van der Waals surface area contributed by atoms with Gasteiger partial charge in [-0.1, -0.05) is 0 Å². The van der Waals surface area contributed by atoms with E-state index >= 15 is 0 Å². The van der Waals surface area contributed by atoms with E-state index in [2.05, 4.69) is 39.9 Å². The maximum absolute atomic E-state index is 5.92. The minimum absolute atomic E-state index is 0.0282. The van der Waals surface area contributed by atoms with Gasteiger partial charge < -0.3 is 9.73 Å². The van der Waals surface area contributed by atoms with Crippen LogP contribution in [0.5, 0.6) is 0 Å². The van der Waals surface area contributed by atoms with Crippen LogP contribution in [0.4, 0.5) is 0 Å². The van der Waals surface area contributed by atoms with E-state index < -0.39 is 0 Å². The van der Waals surface area contributed by atoms with Crippen LogP contribution in [-0.2, 0) is 0 Å². The quantitative estimate of drug-likeness (QED) is 0.880.